The van der Waals surface area contributed by atoms with Crippen LogP contribution in [0.3, 0.4) is 0 Å². The lowest BCUT2D eigenvalue weighted by Gasteiger charge is -2.22. The molecular formula is C17H26BrN3O2. The molecule has 2 rings (SSSR count). The molecule has 0 saturated carbocycles. The number of nitrogens with one attached hydrogen (secondary N) is 1. The SMILES string of the molecule is CN=C(NCc1cccc(Br)c1)N1CCC(COCCOC)C1. The molecule has 1 fully saturated rings. The van der Waals surface area contributed by atoms with Crippen LogP contribution < -0.4 is 5.32 Å². The highest BCUT2D eigenvalue weighted by molar-refractivity contribution is 9.10. The van der Waals surface area contributed by atoms with Crippen LogP contribution in [0.2, 0.25) is 0 Å². The Bertz CT molecular complexity index is 510. The molecule has 5 nitrogen and oxygen atoms in total. The van der Waals surface area contributed by atoms with Crippen LogP contribution >= 0.6 is 15.9 Å². The maximum absolute atomic E-state index is 5.64. The first kappa shape index (κ1) is 18.2. The van der Waals surface area contributed by atoms with Gasteiger partial charge in [0, 0.05) is 44.2 Å². The van der Waals surface area contributed by atoms with E-state index >= 15 is 0 Å². The molecule has 0 aliphatic carbocycles. The standard InChI is InChI=1S/C17H26BrN3O2/c1-19-17(20-11-14-4-3-5-16(18)10-14)21-7-6-15(12-21)13-23-9-8-22-2/h3-5,10,15H,6-9,11-13H2,1-2H3,(H,19,20). The summed E-state index contributed by atoms with van der Waals surface area (Å²) in [4.78, 5) is 6.72. The molecule has 1 unspecified atom stereocenters. The molecule has 6 heteroatoms. The van der Waals surface area contributed by atoms with Gasteiger partial charge in [-0.2, -0.15) is 0 Å². The number of nitrogens with zero attached hydrogens (tertiary/aromatic N) is 2. The van der Waals surface area contributed by atoms with Crippen molar-refractivity contribution in [3.05, 3.63) is 34.3 Å². The fourth-order valence-electron chi connectivity index (χ4n) is 2.71. The summed E-state index contributed by atoms with van der Waals surface area (Å²) in [6.07, 6.45) is 1.14. The molecule has 1 heterocycles. The Kier molecular flexibility index (Phi) is 7.85. The van der Waals surface area contributed by atoms with Crippen LogP contribution in [0, 0.1) is 5.92 Å². The summed E-state index contributed by atoms with van der Waals surface area (Å²) >= 11 is 3.50. The molecule has 1 aliphatic rings. The van der Waals surface area contributed by atoms with Crippen molar-refractivity contribution in [1.82, 2.24) is 10.2 Å². The molecule has 1 aromatic carbocycles. The largest absolute Gasteiger partial charge is 0.382 e. The van der Waals surface area contributed by atoms with Gasteiger partial charge >= 0.3 is 0 Å². The Balaban J connectivity index is 1.76. The Morgan fingerprint density at radius 3 is 3.04 bits per heavy atom. The van der Waals surface area contributed by atoms with Crippen molar-refractivity contribution >= 4 is 21.9 Å². The van der Waals surface area contributed by atoms with Crippen molar-refractivity contribution in [2.45, 2.75) is 13.0 Å². The van der Waals surface area contributed by atoms with Crippen LogP contribution in [-0.4, -0.2) is 57.9 Å². The first-order valence-electron chi connectivity index (χ1n) is 7.99. The summed E-state index contributed by atoms with van der Waals surface area (Å²) < 4.78 is 11.7. The second-order valence-corrected chi connectivity index (χ2v) is 6.61. The predicted molar refractivity (Wildman–Crippen MR) is 96.7 cm³/mol. The minimum absolute atomic E-state index is 0.566. The highest BCUT2D eigenvalue weighted by Crippen LogP contribution is 2.17. The lowest BCUT2D eigenvalue weighted by molar-refractivity contribution is 0.0536. The second kappa shape index (κ2) is 9.90. The monoisotopic (exact) mass is 383 g/mol. The number of halogens is 1. The number of hydrogen-bond acceptors (Lipinski definition) is 3. The molecular weight excluding hydrogens is 358 g/mol. The zero-order chi connectivity index (χ0) is 16.5. The zero-order valence-electron chi connectivity index (χ0n) is 13.9. The van der Waals surface area contributed by atoms with E-state index in [1.807, 2.05) is 19.2 Å². The quantitative estimate of drug-likeness (QED) is 0.446. The number of likely N-dealkylation sites (tertiary alicyclic amines) is 1. The molecule has 23 heavy (non-hydrogen) atoms. The molecule has 1 atom stereocenters. The molecule has 0 bridgehead atoms. The third kappa shape index (κ3) is 6.12. The van der Waals surface area contributed by atoms with Gasteiger partial charge in [-0.15, -0.1) is 0 Å². The minimum atomic E-state index is 0.566. The molecule has 0 aromatic heterocycles. The molecule has 1 aliphatic heterocycles. The van der Waals surface area contributed by atoms with Gasteiger partial charge in [-0.25, -0.2) is 0 Å². The average molecular weight is 384 g/mol. The van der Waals surface area contributed by atoms with Crippen LogP contribution in [-0.2, 0) is 16.0 Å². The van der Waals surface area contributed by atoms with Crippen LogP contribution in [0.1, 0.15) is 12.0 Å². The Hall–Kier alpha value is -1.11. The van der Waals surface area contributed by atoms with Gasteiger partial charge in [-0.3, -0.25) is 4.99 Å². The topological polar surface area (TPSA) is 46.1 Å². The van der Waals surface area contributed by atoms with Crippen LogP contribution in [0.15, 0.2) is 33.7 Å². The number of ether oxygens (including phenoxy) is 2. The number of benzene rings is 1. The Morgan fingerprint density at radius 2 is 2.30 bits per heavy atom. The van der Waals surface area contributed by atoms with Crippen molar-refractivity contribution < 1.29 is 9.47 Å². The Morgan fingerprint density at radius 1 is 1.43 bits per heavy atom. The summed E-state index contributed by atoms with van der Waals surface area (Å²) in [6, 6.07) is 8.32. The van der Waals surface area contributed by atoms with Crippen molar-refractivity contribution in [3.8, 4) is 0 Å². The van der Waals surface area contributed by atoms with E-state index in [0.29, 0.717) is 19.1 Å². The van der Waals surface area contributed by atoms with E-state index in [4.69, 9.17) is 9.47 Å². The summed E-state index contributed by atoms with van der Waals surface area (Å²) in [5.41, 5.74) is 1.24. The van der Waals surface area contributed by atoms with Crippen molar-refractivity contribution in [1.29, 1.82) is 0 Å². The van der Waals surface area contributed by atoms with Gasteiger partial charge in [0.25, 0.3) is 0 Å². The fourth-order valence-corrected chi connectivity index (χ4v) is 3.16. The van der Waals surface area contributed by atoms with E-state index < -0.39 is 0 Å². The molecule has 1 N–H and O–H groups in total. The minimum Gasteiger partial charge on any atom is -0.382 e. The van der Waals surface area contributed by atoms with Gasteiger partial charge in [-0.1, -0.05) is 28.1 Å². The van der Waals surface area contributed by atoms with E-state index in [2.05, 4.69) is 43.3 Å². The lowest BCUT2D eigenvalue weighted by Crippen LogP contribution is -2.39. The van der Waals surface area contributed by atoms with Crippen LogP contribution in [0.4, 0.5) is 0 Å². The van der Waals surface area contributed by atoms with Crippen molar-refractivity contribution in [3.63, 3.8) is 0 Å². The van der Waals surface area contributed by atoms with Gasteiger partial charge in [0.05, 0.1) is 19.8 Å². The predicted octanol–water partition coefficient (Wildman–Crippen LogP) is 2.51. The molecule has 0 radical (unpaired) electrons. The van der Waals surface area contributed by atoms with Crippen LogP contribution in [0.5, 0.6) is 0 Å². The fraction of sp³-hybridized carbons (Fsp3) is 0.588. The van der Waals surface area contributed by atoms with Gasteiger partial charge in [0.2, 0.25) is 0 Å². The second-order valence-electron chi connectivity index (χ2n) is 5.70. The molecule has 0 amide bonds. The van der Waals surface area contributed by atoms with Gasteiger partial charge in [0.15, 0.2) is 5.96 Å². The summed E-state index contributed by atoms with van der Waals surface area (Å²) in [5, 5.41) is 3.45. The Labute approximate surface area is 147 Å². The van der Waals surface area contributed by atoms with E-state index in [-0.39, 0.29) is 0 Å². The van der Waals surface area contributed by atoms with Crippen molar-refractivity contribution in [2.75, 3.05) is 47.1 Å². The summed E-state index contributed by atoms with van der Waals surface area (Å²) in [5.74, 6) is 1.53. The smallest absolute Gasteiger partial charge is 0.193 e. The maximum atomic E-state index is 5.64. The number of hydrogen-bond donors (Lipinski definition) is 1. The van der Waals surface area contributed by atoms with E-state index in [9.17, 15) is 0 Å². The van der Waals surface area contributed by atoms with Gasteiger partial charge in [-0.05, 0) is 24.1 Å². The average Bonchev–Trinajstić information content (AvgIpc) is 3.01. The lowest BCUT2D eigenvalue weighted by atomic mass is 10.1. The number of aliphatic imine (C=N–C) groups is 1. The van der Waals surface area contributed by atoms with Gasteiger partial charge in [0.1, 0.15) is 0 Å². The summed E-state index contributed by atoms with van der Waals surface area (Å²) in [7, 11) is 3.53. The van der Waals surface area contributed by atoms with Crippen LogP contribution in [0.25, 0.3) is 0 Å². The summed E-state index contributed by atoms with van der Waals surface area (Å²) in [6.45, 7) is 4.91. The highest BCUT2D eigenvalue weighted by Gasteiger charge is 2.24. The third-order valence-corrected chi connectivity index (χ3v) is 4.42. The van der Waals surface area contributed by atoms with E-state index in [0.717, 1.165) is 43.1 Å². The first-order chi connectivity index (χ1) is 11.2. The molecule has 1 aromatic rings. The molecule has 1 saturated heterocycles. The number of rotatable bonds is 7. The highest BCUT2D eigenvalue weighted by atomic mass is 79.9. The third-order valence-electron chi connectivity index (χ3n) is 3.92. The van der Waals surface area contributed by atoms with E-state index in [1.54, 1.807) is 7.11 Å². The molecule has 128 valence electrons. The van der Waals surface area contributed by atoms with Crippen molar-refractivity contribution in [2.24, 2.45) is 10.9 Å². The zero-order valence-corrected chi connectivity index (χ0v) is 15.5. The van der Waals surface area contributed by atoms with E-state index in [1.165, 1.54) is 5.56 Å². The molecule has 0 spiro atoms. The first-order valence-corrected chi connectivity index (χ1v) is 8.79. The number of methoxy groups -OCH3 is 1. The number of guanidine groups is 1. The van der Waals surface area contributed by atoms with Gasteiger partial charge < -0.3 is 19.7 Å². The normalized spacial score (nSPS) is 18.5. The maximum Gasteiger partial charge on any atom is 0.193 e.